The summed E-state index contributed by atoms with van der Waals surface area (Å²) < 4.78 is 10.1. The first kappa shape index (κ1) is 18.6. The second-order valence-corrected chi connectivity index (χ2v) is 6.30. The number of aryl methyl sites for hydroxylation is 1. The lowest BCUT2D eigenvalue weighted by molar-refractivity contribution is 0.0393. The van der Waals surface area contributed by atoms with Gasteiger partial charge >= 0.3 is 5.97 Å². The maximum atomic E-state index is 12.2. The highest BCUT2D eigenvalue weighted by molar-refractivity contribution is 7.20. The maximum absolute atomic E-state index is 12.2. The molecule has 0 radical (unpaired) electrons. The number of methoxy groups -OCH3 is 1. The Morgan fingerprint density at radius 3 is 2.88 bits per heavy atom. The highest BCUT2D eigenvalue weighted by Gasteiger charge is 2.20. The van der Waals surface area contributed by atoms with Gasteiger partial charge in [-0.2, -0.15) is 0 Å². The molecule has 0 unspecified atom stereocenters. The van der Waals surface area contributed by atoms with Gasteiger partial charge in [0, 0.05) is 20.3 Å². The molecule has 0 spiro atoms. The van der Waals surface area contributed by atoms with E-state index in [4.69, 9.17) is 14.6 Å². The van der Waals surface area contributed by atoms with Crippen LogP contribution in [-0.4, -0.2) is 54.5 Å². The van der Waals surface area contributed by atoms with Gasteiger partial charge in [-0.3, -0.25) is 0 Å². The highest BCUT2D eigenvalue weighted by atomic mass is 32.1. The molecule has 0 amide bonds. The fraction of sp³-hybridized carbons (Fsp3) is 0.562. The number of esters is 1. The normalized spacial score (nSPS) is 11.0. The summed E-state index contributed by atoms with van der Waals surface area (Å²) in [4.78, 5) is 22.1. The molecule has 0 atom stereocenters. The Hall–Kier alpha value is -1.77. The van der Waals surface area contributed by atoms with Crippen LogP contribution in [0.5, 0.6) is 0 Å². The number of carbonyl (C=O) groups is 1. The van der Waals surface area contributed by atoms with Crippen LogP contribution >= 0.6 is 11.3 Å². The monoisotopic (exact) mass is 353 g/mol. The van der Waals surface area contributed by atoms with E-state index in [1.165, 1.54) is 17.7 Å². The van der Waals surface area contributed by atoms with E-state index in [0.29, 0.717) is 11.5 Å². The van der Waals surface area contributed by atoms with Gasteiger partial charge in [-0.1, -0.05) is 0 Å². The molecule has 0 aromatic carbocycles. The molecule has 0 aliphatic carbocycles. The lowest BCUT2D eigenvalue weighted by atomic mass is 10.2. The zero-order chi connectivity index (χ0) is 17.4. The first-order valence-electron chi connectivity index (χ1n) is 7.94. The summed E-state index contributed by atoms with van der Waals surface area (Å²) in [6, 6.07) is 0. The quantitative estimate of drug-likeness (QED) is 0.500. The second kappa shape index (κ2) is 9.51. The van der Waals surface area contributed by atoms with Crippen molar-refractivity contribution in [2.75, 3.05) is 38.8 Å². The molecule has 2 heterocycles. The number of rotatable bonds is 10. The van der Waals surface area contributed by atoms with Crippen LogP contribution in [-0.2, 0) is 9.47 Å². The van der Waals surface area contributed by atoms with Crippen LogP contribution < -0.4 is 5.32 Å². The minimum atomic E-state index is -0.360. The van der Waals surface area contributed by atoms with E-state index in [0.717, 1.165) is 47.4 Å². The number of ether oxygens (including phenoxy) is 2. The van der Waals surface area contributed by atoms with E-state index in [1.807, 2.05) is 6.92 Å². The molecule has 0 aliphatic rings. The van der Waals surface area contributed by atoms with Gasteiger partial charge in [0.1, 0.15) is 28.5 Å². The van der Waals surface area contributed by atoms with Crippen molar-refractivity contribution < 1.29 is 19.4 Å². The van der Waals surface area contributed by atoms with Crippen LogP contribution in [0.3, 0.4) is 0 Å². The SMILES string of the molecule is COCCOC(=O)c1sc2ncnc(NCCCCCO)c2c1C. The molecule has 7 nitrogen and oxygen atoms in total. The van der Waals surface area contributed by atoms with Crippen LogP contribution in [0.15, 0.2) is 6.33 Å². The van der Waals surface area contributed by atoms with Crippen LogP contribution in [0, 0.1) is 6.92 Å². The summed E-state index contributed by atoms with van der Waals surface area (Å²) in [5.74, 6) is 0.370. The second-order valence-electron chi connectivity index (χ2n) is 5.30. The van der Waals surface area contributed by atoms with Crippen LogP contribution in [0.4, 0.5) is 5.82 Å². The molecule has 0 fully saturated rings. The smallest absolute Gasteiger partial charge is 0.348 e. The summed E-state index contributed by atoms with van der Waals surface area (Å²) in [6.45, 7) is 3.46. The lowest BCUT2D eigenvalue weighted by Crippen LogP contribution is -2.09. The van der Waals surface area contributed by atoms with Gasteiger partial charge in [0.2, 0.25) is 0 Å². The van der Waals surface area contributed by atoms with Gasteiger partial charge in [0.15, 0.2) is 0 Å². The first-order chi connectivity index (χ1) is 11.7. The van der Waals surface area contributed by atoms with E-state index >= 15 is 0 Å². The highest BCUT2D eigenvalue weighted by Crippen LogP contribution is 2.33. The molecule has 2 aromatic heterocycles. The Kier molecular flexibility index (Phi) is 7.36. The van der Waals surface area contributed by atoms with Crippen molar-refractivity contribution in [3.05, 3.63) is 16.8 Å². The van der Waals surface area contributed by atoms with Crippen LogP contribution in [0.2, 0.25) is 0 Å². The Bertz CT molecular complexity index is 675. The van der Waals surface area contributed by atoms with Crippen molar-refractivity contribution >= 4 is 33.3 Å². The average Bonchev–Trinajstić information content (AvgIpc) is 2.93. The Labute approximate surface area is 145 Å². The van der Waals surface area contributed by atoms with Gasteiger partial charge in [-0.15, -0.1) is 11.3 Å². The number of aliphatic hydroxyl groups is 1. The van der Waals surface area contributed by atoms with Crippen molar-refractivity contribution in [2.24, 2.45) is 0 Å². The molecule has 2 N–H and O–H groups in total. The Morgan fingerprint density at radius 1 is 1.29 bits per heavy atom. The van der Waals surface area contributed by atoms with Gasteiger partial charge < -0.3 is 19.9 Å². The number of unbranched alkanes of at least 4 members (excludes halogenated alkanes) is 2. The zero-order valence-corrected chi connectivity index (χ0v) is 14.8. The molecule has 24 heavy (non-hydrogen) atoms. The molecule has 2 aromatic rings. The van der Waals surface area contributed by atoms with E-state index < -0.39 is 0 Å². The standard InChI is InChI=1S/C16H23N3O4S/c1-11-12-14(17-6-4-3-5-7-20)18-10-19-15(12)24-13(11)16(21)23-9-8-22-2/h10,20H,3-9H2,1-2H3,(H,17,18,19). The third-order valence-electron chi connectivity index (χ3n) is 3.56. The number of hydrogen-bond donors (Lipinski definition) is 2. The number of anilines is 1. The summed E-state index contributed by atoms with van der Waals surface area (Å²) in [6.07, 6.45) is 4.20. The predicted molar refractivity (Wildman–Crippen MR) is 93.7 cm³/mol. The fourth-order valence-corrected chi connectivity index (χ4v) is 3.35. The van der Waals surface area contributed by atoms with Crippen molar-refractivity contribution in [2.45, 2.75) is 26.2 Å². The van der Waals surface area contributed by atoms with Gasteiger partial charge in [-0.25, -0.2) is 14.8 Å². The van der Waals surface area contributed by atoms with E-state index in [9.17, 15) is 4.79 Å². The number of nitrogens with one attached hydrogen (secondary N) is 1. The minimum Gasteiger partial charge on any atom is -0.459 e. The summed E-state index contributed by atoms with van der Waals surface area (Å²) in [7, 11) is 1.56. The number of aromatic nitrogens is 2. The van der Waals surface area contributed by atoms with Crippen LogP contribution in [0.25, 0.3) is 10.2 Å². The maximum Gasteiger partial charge on any atom is 0.348 e. The van der Waals surface area contributed by atoms with Crippen molar-refractivity contribution in [1.29, 1.82) is 0 Å². The molecule has 132 valence electrons. The third kappa shape index (κ3) is 4.62. The summed E-state index contributed by atoms with van der Waals surface area (Å²) >= 11 is 1.31. The minimum absolute atomic E-state index is 0.218. The fourth-order valence-electron chi connectivity index (χ4n) is 2.30. The molecule has 0 aliphatic heterocycles. The Balaban J connectivity index is 2.12. The summed E-state index contributed by atoms with van der Waals surface area (Å²) in [5, 5.41) is 13.0. The van der Waals surface area contributed by atoms with E-state index in [-0.39, 0.29) is 19.2 Å². The van der Waals surface area contributed by atoms with Crippen LogP contribution in [0.1, 0.15) is 34.5 Å². The average molecular weight is 353 g/mol. The lowest BCUT2D eigenvalue weighted by Gasteiger charge is -2.07. The molecule has 0 saturated carbocycles. The zero-order valence-electron chi connectivity index (χ0n) is 14.0. The number of aliphatic hydroxyl groups excluding tert-OH is 1. The van der Waals surface area contributed by atoms with Crippen molar-refractivity contribution in [3.63, 3.8) is 0 Å². The molecular formula is C16H23N3O4S. The molecular weight excluding hydrogens is 330 g/mol. The number of thiophene rings is 1. The number of fused-ring (bicyclic) bond motifs is 1. The predicted octanol–water partition coefficient (Wildman–Crippen LogP) is 2.38. The number of carbonyl (C=O) groups excluding carboxylic acids is 1. The van der Waals surface area contributed by atoms with Gasteiger partial charge in [0.05, 0.1) is 12.0 Å². The molecule has 8 heteroatoms. The van der Waals surface area contributed by atoms with Crippen molar-refractivity contribution in [1.82, 2.24) is 9.97 Å². The van der Waals surface area contributed by atoms with Gasteiger partial charge in [0.25, 0.3) is 0 Å². The Morgan fingerprint density at radius 2 is 2.12 bits per heavy atom. The van der Waals surface area contributed by atoms with Crippen molar-refractivity contribution in [3.8, 4) is 0 Å². The van der Waals surface area contributed by atoms with E-state index in [1.54, 1.807) is 7.11 Å². The topological polar surface area (TPSA) is 93.6 Å². The first-order valence-corrected chi connectivity index (χ1v) is 8.75. The largest absolute Gasteiger partial charge is 0.459 e. The third-order valence-corrected chi connectivity index (χ3v) is 4.74. The van der Waals surface area contributed by atoms with Gasteiger partial charge in [-0.05, 0) is 31.7 Å². The molecule has 2 rings (SSSR count). The molecule has 0 bridgehead atoms. The number of nitrogens with zero attached hydrogens (tertiary/aromatic N) is 2. The van der Waals surface area contributed by atoms with E-state index in [2.05, 4.69) is 15.3 Å². The number of hydrogen-bond acceptors (Lipinski definition) is 8. The summed E-state index contributed by atoms with van der Waals surface area (Å²) in [5.41, 5.74) is 0.830. The molecule has 0 saturated heterocycles.